The fourth-order valence-corrected chi connectivity index (χ4v) is 3.75. The first kappa shape index (κ1) is 18.0. The largest absolute Gasteiger partial charge is 0.444 e. The minimum atomic E-state index is -0.639. The van der Waals surface area contributed by atoms with Crippen LogP contribution in [0.15, 0.2) is 36.5 Å². The number of nitrogens with one attached hydrogen (secondary N) is 1. The Bertz CT molecular complexity index is 863. The number of ether oxygens (including phenoxy) is 1. The number of carbonyl (C=O) groups is 2. The number of carbonyl (C=O) groups excluding carboxylic acids is 2. The van der Waals surface area contributed by atoms with E-state index in [0.29, 0.717) is 17.3 Å². The summed E-state index contributed by atoms with van der Waals surface area (Å²) in [4.78, 5) is 37.6. The zero-order chi connectivity index (χ0) is 18.8. The van der Waals surface area contributed by atoms with Crippen LogP contribution >= 0.6 is 22.9 Å². The van der Waals surface area contributed by atoms with Gasteiger partial charge < -0.3 is 9.64 Å². The Labute approximate surface area is 170 Å². The summed E-state index contributed by atoms with van der Waals surface area (Å²) in [6.07, 6.45) is 2.72. The second-order valence-corrected chi connectivity index (χ2v) is 7.01. The van der Waals surface area contributed by atoms with Crippen molar-refractivity contribution in [1.29, 1.82) is 0 Å². The van der Waals surface area contributed by atoms with Crippen LogP contribution in [0.25, 0.3) is 0 Å². The molecule has 0 radical (unpaired) electrons. The molecule has 2 amide bonds. The third-order valence-electron chi connectivity index (χ3n) is 4.80. The molecule has 140 valence electrons. The molecule has 1 N–H and O–H groups in total. The normalized spacial score (nSPS) is 18.6. The van der Waals surface area contributed by atoms with E-state index in [1.807, 2.05) is 53.2 Å². The van der Waals surface area contributed by atoms with Gasteiger partial charge in [-0.25, -0.2) is 14.7 Å². The molecule has 1 saturated heterocycles. The SMILES string of the molecule is O=C(OCc1ccccc1)N1C[C@@H]2CCCN2c2nc(NI)ncc2C1=O. The molecule has 0 unspecified atom stereocenters. The van der Waals surface area contributed by atoms with Gasteiger partial charge in [-0.1, -0.05) is 30.3 Å². The number of anilines is 2. The lowest BCUT2D eigenvalue weighted by Crippen LogP contribution is -2.43. The molecule has 2 aliphatic heterocycles. The zero-order valence-electron chi connectivity index (χ0n) is 14.5. The standard InChI is InChI=1S/C18H18IN5O3/c19-22-17-20-9-14-15(21-17)23-8-4-7-13(23)10-24(16(14)25)18(26)27-11-12-5-2-1-3-6-12/h1-3,5-6,9,13H,4,7-8,10-11H2,(H,20,21,22)/t13-/m0/s1. The molecule has 1 aromatic heterocycles. The van der Waals surface area contributed by atoms with Crippen LogP contribution in [0.4, 0.5) is 16.6 Å². The molecule has 9 heteroatoms. The van der Waals surface area contributed by atoms with Gasteiger partial charge in [0.25, 0.3) is 5.91 Å². The van der Waals surface area contributed by atoms with Crippen molar-refractivity contribution >= 4 is 46.6 Å². The lowest BCUT2D eigenvalue weighted by Gasteiger charge is -2.25. The molecular weight excluding hydrogens is 461 g/mol. The number of amides is 2. The van der Waals surface area contributed by atoms with E-state index in [4.69, 9.17) is 4.74 Å². The average Bonchev–Trinajstić information content (AvgIpc) is 3.14. The molecule has 0 spiro atoms. The second-order valence-electron chi connectivity index (χ2n) is 6.47. The maximum atomic E-state index is 13.0. The van der Waals surface area contributed by atoms with Crippen molar-refractivity contribution in [1.82, 2.24) is 14.9 Å². The van der Waals surface area contributed by atoms with Crippen LogP contribution < -0.4 is 8.43 Å². The maximum Gasteiger partial charge on any atom is 0.417 e. The van der Waals surface area contributed by atoms with E-state index in [2.05, 4.69) is 18.4 Å². The van der Waals surface area contributed by atoms with Crippen LogP contribution in [0.5, 0.6) is 0 Å². The summed E-state index contributed by atoms with van der Waals surface area (Å²) in [5.74, 6) is 0.598. The van der Waals surface area contributed by atoms with Crippen molar-refractivity contribution in [3.05, 3.63) is 47.7 Å². The summed E-state index contributed by atoms with van der Waals surface area (Å²) in [5, 5.41) is 0. The van der Waals surface area contributed by atoms with Gasteiger partial charge in [0.15, 0.2) is 0 Å². The Morgan fingerprint density at radius 2 is 2.15 bits per heavy atom. The Morgan fingerprint density at radius 3 is 2.93 bits per heavy atom. The molecule has 2 aromatic rings. The van der Waals surface area contributed by atoms with E-state index in [9.17, 15) is 9.59 Å². The van der Waals surface area contributed by atoms with E-state index in [-0.39, 0.29) is 19.2 Å². The summed E-state index contributed by atoms with van der Waals surface area (Å²) >= 11 is 1.95. The quantitative estimate of drug-likeness (QED) is 0.535. The topological polar surface area (TPSA) is 87.7 Å². The molecule has 1 aromatic carbocycles. The van der Waals surface area contributed by atoms with Gasteiger partial charge in [-0.3, -0.25) is 8.32 Å². The third kappa shape index (κ3) is 3.55. The fraction of sp³-hybridized carbons (Fsp3) is 0.333. The summed E-state index contributed by atoms with van der Waals surface area (Å²) in [6, 6.07) is 9.44. The summed E-state index contributed by atoms with van der Waals surface area (Å²) in [7, 11) is 0. The van der Waals surface area contributed by atoms with Gasteiger partial charge in [0.2, 0.25) is 5.95 Å². The summed E-state index contributed by atoms with van der Waals surface area (Å²) in [6.45, 7) is 1.21. The molecule has 3 heterocycles. The molecule has 8 nitrogen and oxygen atoms in total. The molecule has 1 atom stereocenters. The van der Waals surface area contributed by atoms with E-state index in [0.717, 1.165) is 24.9 Å². The van der Waals surface area contributed by atoms with Crippen molar-refractivity contribution in [3.63, 3.8) is 0 Å². The second kappa shape index (κ2) is 7.67. The number of benzene rings is 1. The first-order chi connectivity index (χ1) is 13.2. The summed E-state index contributed by atoms with van der Waals surface area (Å²) in [5.41, 5.74) is 1.20. The third-order valence-corrected chi connectivity index (χ3v) is 5.28. The molecule has 0 bridgehead atoms. The molecule has 2 aliphatic rings. The molecule has 0 saturated carbocycles. The first-order valence-electron chi connectivity index (χ1n) is 8.70. The van der Waals surface area contributed by atoms with Crippen LogP contribution in [-0.2, 0) is 11.3 Å². The van der Waals surface area contributed by atoms with E-state index in [1.54, 1.807) is 0 Å². The van der Waals surface area contributed by atoms with Gasteiger partial charge in [-0.2, -0.15) is 4.98 Å². The van der Waals surface area contributed by atoms with Crippen LogP contribution in [-0.4, -0.2) is 46.0 Å². The maximum absolute atomic E-state index is 13.0. The number of imide groups is 1. The number of hydrogen-bond acceptors (Lipinski definition) is 7. The zero-order valence-corrected chi connectivity index (χ0v) is 16.6. The number of fused-ring (bicyclic) bond motifs is 3. The number of nitrogens with zero attached hydrogens (tertiary/aromatic N) is 4. The number of halogens is 1. The monoisotopic (exact) mass is 479 g/mol. The van der Waals surface area contributed by atoms with E-state index < -0.39 is 12.0 Å². The van der Waals surface area contributed by atoms with Crippen molar-refractivity contribution in [2.24, 2.45) is 0 Å². The fourth-order valence-electron chi connectivity index (χ4n) is 3.49. The predicted octanol–water partition coefficient (Wildman–Crippen LogP) is 3.00. The lowest BCUT2D eigenvalue weighted by atomic mass is 10.2. The molecule has 4 rings (SSSR count). The predicted molar refractivity (Wildman–Crippen MR) is 108 cm³/mol. The Kier molecular flexibility index (Phi) is 5.10. The highest BCUT2D eigenvalue weighted by molar-refractivity contribution is 14.1. The minimum absolute atomic E-state index is 0.0384. The van der Waals surface area contributed by atoms with Crippen LogP contribution in [0.2, 0.25) is 0 Å². The molecule has 27 heavy (non-hydrogen) atoms. The van der Waals surface area contributed by atoms with Gasteiger partial charge in [0.1, 0.15) is 18.0 Å². The summed E-state index contributed by atoms with van der Waals surface area (Å²) < 4.78 is 8.26. The van der Waals surface area contributed by atoms with Crippen molar-refractivity contribution < 1.29 is 14.3 Å². The van der Waals surface area contributed by atoms with Crippen molar-refractivity contribution in [2.45, 2.75) is 25.5 Å². The highest BCUT2D eigenvalue weighted by Crippen LogP contribution is 2.32. The van der Waals surface area contributed by atoms with Crippen LogP contribution in [0, 0.1) is 0 Å². The van der Waals surface area contributed by atoms with Crippen molar-refractivity contribution in [2.75, 3.05) is 21.5 Å². The van der Waals surface area contributed by atoms with E-state index in [1.165, 1.54) is 11.1 Å². The van der Waals surface area contributed by atoms with E-state index >= 15 is 0 Å². The lowest BCUT2D eigenvalue weighted by molar-refractivity contribution is 0.0639. The van der Waals surface area contributed by atoms with Gasteiger partial charge >= 0.3 is 6.09 Å². The van der Waals surface area contributed by atoms with Gasteiger partial charge in [-0.15, -0.1) is 0 Å². The van der Waals surface area contributed by atoms with Crippen molar-refractivity contribution in [3.8, 4) is 0 Å². The van der Waals surface area contributed by atoms with Crippen LogP contribution in [0.3, 0.4) is 0 Å². The average molecular weight is 479 g/mol. The first-order valence-corrected chi connectivity index (χ1v) is 9.78. The van der Waals surface area contributed by atoms with Gasteiger partial charge in [-0.05, 0) is 18.4 Å². The Hall–Kier alpha value is -2.43. The smallest absolute Gasteiger partial charge is 0.417 e. The van der Waals surface area contributed by atoms with Gasteiger partial charge in [0.05, 0.1) is 29.4 Å². The number of aromatic nitrogens is 2. The Morgan fingerprint density at radius 1 is 1.33 bits per heavy atom. The van der Waals surface area contributed by atoms with Crippen LogP contribution in [0.1, 0.15) is 28.8 Å². The highest BCUT2D eigenvalue weighted by atomic mass is 127. The molecule has 1 fully saturated rings. The number of hydrogen-bond donors (Lipinski definition) is 1. The minimum Gasteiger partial charge on any atom is -0.444 e. The van der Waals surface area contributed by atoms with Gasteiger partial charge in [0, 0.05) is 18.8 Å². The highest BCUT2D eigenvalue weighted by Gasteiger charge is 2.39. The molecular formula is C18H18IN5O3. The number of rotatable bonds is 3. The Balaban J connectivity index is 1.60. The molecule has 0 aliphatic carbocycles.